The lowest BCUT2D eigenvalue weighted by molar-refractivity contribution is 0.402. The predicted octanol–water partition coefficient (Wildman–Crippen LogP) is 2.34. The molecule has 4 nitrogen and oxygen atoms in total. The van der Waals surface area contributed by atoms with Gasteiger partial charge in [0.1, 0.15) is 11.6 Å². The van der Waals surface area contributed by atoms with Gasteiger partial charge in [0.25, 0.3) is 0 Å². The summed E-state index contributed by atoms with van der Waals surface area (Å²) in [6, 6.07) is 7.80. The minimum atomic E-state index is -0.420. The van der Waals surface area contributed by atoms with E-state index in [1.54, 1.807) is 19.4 Å². The minimum Gasteiger partial charge on any atom is -0.496 e. The number of rotatable bonds is 5. The highest BCUT2D eigenvalue weighted by Gasteiger charge is 2.21. The van der Waals surface area contributed by atoms with E-state index < -0.39 is 6.04 Å². The van der Waals surface area contributed by atoms with Gasteiger partial charge in [0.2, 0.25) is 0 Å². The van der Waals surface area contributed by atoms with E-state index in [9.17, 15) is 4.39 Å². The third-order valence-electron chi connectivity index (χ3n) is 3.25. The van der Waals surface area contributed by atoms with Crippen molar-refractivity contribution in [2.45, 2.75) is 19.4 Å². The number of nitrogens with one attached hydrogen (secondary N) is 1. The number of methoxy groups -OCH3 is 1. The molecule has 2 aromatic rings. The third-order valence-corrected chi connectivity index (χ3v) is 3.25. The Hall–Kier alpha value is -1.98. The largest absolute Gasteiger partial charge is 0.496 e. The van der Waals surface area contributed by atoms with E-state index in [0.717, 1.165) is 17.7 Å². The summed E-state index contributed by atoms with van der Waals surface area (Å²) in [5.74, 6) is 5.90. The van der Waals surface area contributed by atoms with Gasteiger partial charge in [0, 0.05) is 11.8 Å². The summed E-state index contributed by atoms with van der Waals surface area (Å²) in [6.07, 6.45) is 2.52. The lowest BCUT2D eigenvalue weighted by Gasteiger charge is -2.20. The summed E-state index contributed by atoms with van der Waals surface area (Å²) in [6.45, 7) is 2.04. The summed E-state index contributed by atoms with van der Waals surface area (Å²) in [4.78, 5) is 4.38. The SMILES string of the molecule is CCc1cccnc1C(NN)c1cc(F)ccc1OC. The van der Waals surface area contributed by atoms with Crippen molar-refractivity contribution >= 4 is 0 Å². The van der Waals surface area contributed by atoms with Crippen LogP contribution in [0, 0.1) is 5.82 Å². The second kappa shape index (κ2) is 6.45. The molecule has 1 heterocycles. The Bertz CT molecular complexity index is 589. The molecule has 1 aromatic carbocycles. The van der Waals surface area contributed by atoms with Crippen LogP contribution in [0.1, 0.15) is 29.8 Å². The first kappa shape index (κ1) is 14.4. The fourth-order valence-corrected chi connectivity index (χ4v) is 2.26. The molecule has 0 aliphatic heterocycles. The lowest BCUT2D eigenvalue weighted by atomic mass is 9.98. The quantitative estimate of drug-likeness (QED) is 0.649. The average Bonchev–Trinajstić information content (AvgIpc) is 2.49. The van der Waals surface area contributed by atoms with Crippen LogP contribution in [0.5, 0.6) is 5.75 Å². The van der Waals surface area contributed by atoms with Crippen LogP contribution in [0.25, 0.3) is 0 Å². The molecule has 2 rings (SSSR count). The predicted molar refractivity (Wildman–Crippen MR) is 75.7 cm³/mol. The molecule has 1 unspecified atom stereocenters. The van der Waals surface area contributed by atoms with Gasteiger partial charge in [-0.25, -0.2) is 9.82 Å². The Morgan fingerprint density at radius 2 is 2.20 bits per heavy atom. The van der Waals surface area contributed by atoms with Gasteiger partial charge >= 0.3 is 0 Å². The smallest absolute Gasteiger partial charge is 0.124 e. The van der Waals surface area contributed by atoms with Crippen LogP contribution in [0.2, 0.25) is 0 Å². The van der Waals surface area contributed by atoms with Gasteiger partial charge in [-0.05, 0) is 36.2 Å². The van der Waals surface area contributed by atoms with Crippen LogP contribution in [-0.2, 0) is 6.42 Å². The maximum Gasteiger partial charge on any atom is 0.124 e. The van der Waals surface area contributed by atoms with Crippen molar-refractivity contribution in [1.82, 2.24) is 10.4 Å². The van der Waals surface area contributed by atoms with E-state index in [1.165, 1.54) is 12.1 Å². The average molecular weight is 275 g/mol. The number of nitrogens with zero attached hydrogens (tertiary/aromatic N) is 1. The maximum absolute atomic E-state index is 13.5. The minimum absolute atomic E-state index is 0.338. The van der Waals surface area contributed by atoms with E-state index in [0.29, 0.717) is 11.3 Å². The Balaban J connectivity index is 2.55. The Labute approximate surface area is 117 Å². The molecule has 106 valence electrons. The molecular formula is C15H18FN3O. The molecule has 1 atom stereocenters. The van der Waals surface area contributed by atoms with E-state index in [1.807, 2.05) is 19.1 Å². The zero-order chi connectivity index (χ0) is 14.5. The van der Waals surface area contributed by atoms with Crippen LogP contribution in [-0.4, -0.2) is 12.1 Å². The second-order valence-electron chi connectivity index (χ2n) is 4.39. The zero-order valence-electron chi connectivity index (χ0n) is 11.6. The number of benzene rings is 1. The normalized spacial score (nSPS) is 12.2. The number of hydrogen-bond acceptors (Lipinski definition) is 4. The fourth-order valence-electron chi connectivity index (χ4n) is 2.26. The molecule has 0 aliphatic carbocycles. The van der Waals surface area contributed by atoms with Crippen molar-refractivity contribution in [3.8, 4) is 5.75 Å². The molecule has 20 heavy (non-hydrogen) atoms. The number of aryl methyl sites for hydroxylation is 1. The highest BCUT2D eigenvalue weighted by atomic mass is 19.1. The molecule has 0 saturated heterocycles. The van der Waals surface area contributed by atoms with Gasteiger partial charge in [-0.3, -0.25) is 10.8 Å². The van der Waals surface area contributed by atoms with Crippen LogP contribution >= 0.6 is 0 Å². The van der Waals surface area contributed by atoms with Gasteiger partial charge in [-0.1, -0.05) is 13.0 Å². The molecule has 0 radical (unpaired) electrons. The summed E-state index contributed by atoms with van der Waals surface area (Å²) in [5, 5.41) is 0. The Morgan fingerprint density at radius 1 is 1.40 bits per heavy atom. The van der Waals surface area contributed by atoms with Gasteiger partial charge < -0.3 is 4.74 Å². The highest BCUT2D eigenvalue weighted by Crippen LogP contribution is 2.30. The molecule has 5 heteroatoms. The van der Waals surface area contributed by atoms with E-state index in [-0.39, 0.29) is 5.82 Å². The van der Waals surface area contributed by atoms with Crippen molar-refractivity contribution in [1.29, 1.82) is 0 Å². The number of pyridine rings is 1. The van der Waals surface area contributed by atoms with Gasteiger partial charge in [0.15, 0.2) is 0 Å². The summed E-state index contributed by atoms with van der Waals surface area (Å²) < 4.78 is 18.8. The third kappa shape index (κ3) is 2.79. The summed E-state index contributed by atoms with van der Waals surface area (Å²) in [5.41, 5.74) is 5.17. The molecule has 0 saturated carbocycles. The molecule has 0 fully saturated rings. The number of hydrazine groups is 1. The molecular weight excluding hydrogens is 257 g/mol. The highest BCUT2D eigenvalue weighted by molar-refractivity contribution is 5.42. The molecule has 3 N–H and O–H groups in total. The first-order valence-electron chi connectivity index (χ1n) is 6.44. The van der Waals surface area contributed by atoms with E-state index in [2.05, 4.69) is 10.4 Å². The van der Waals surface area contributed by atoms with Crippen LogP contribution < -0.4 is 16.0 Å². The maximum atomic E-state index is 13.5. The first-order chi connectivity index (χ1) is 9.71. The molecule has 0 aliphatic rings. The number of hydrogen-bond donors (Lipinski definition) is 2. The number of ether oxygens (including phenoxy) is 1. The zero-order valence-corrected chi connectivity index (χ0v) is 11.6. The molecule has 0 amide bonds. The topological polar surface area (TPSA) is 60.2 Å². The molecule has 1 aromatic heterocycles. The summed E-state index contributed by atoms with van der Waals surface area (Å²) >= 11 is 0. The number of aromatic nitrogens is 1. The van der Waals surface area contributed by atoms with E-state index >= 15 is 0 Å². The van der Waals surface area contributed by atoms with Gasteiger partial charge in [-0.15, -0.1) is 0 Å². The van der Waals surface area contributed by atoms with Crippen molar-refractivity contribution in [2.75, 3.05) is 7.11 Å². The van der Waals surface area contributed by atoms with Crippen molar-refractivity contribution in [3.63, 3.8) is 0 Å². The van der Waals surface area contributed by atoms with Crippen molar-refractivity contribution in [3.05, 3.63) is 59.2 Å². The monoisotopic (exact) mass is 275 g/mol. The fraction of sp³-hybridized carbons (Fsp3) is 0.267. The van der Waals surface area contributed by atoms with Gasteiger partial charge in [-0.2, -0.15) is 0 Å². The number of halogens is 1. The molecule has 0 bridgehead atoms. The second-order valence-corrected chi connectivity index (χ2v) is 4.39. The summed E-state index contributed by atoms with van der Waals surface area (Å²) in [7, 11) is 1.55. The Kier molecular flexibility index (Phi) is 4.65. The first-order valence-corrected chi connectivity index (χ1v) is 6.44. The van der Waals surface area contributed by atoms with E-state index in [4.69, 9.17) is 10.6 Å². The van der Waals surface area contributed by atoms with Crippen LogP contribution in [0.4, 0.5) is 4.39 Å². The number of nitrogens with two attached hydrogens (primary N) is 1. The van der Waals surface area contributed by atoms with Crippen molar-refractivity contribution in [2.24, 2.45) is 5.84 Å². The Morgan fingerprint density at radius 3 is 2.85 bits per heavy atom. The van der Waals surface area contributed by atoms with Gasteiger partial charge in [0.05, 0.1) is 18.8 Å². The molecule has 0 spiro atoms. The standard InChI is InChI=1S/C15H18FN3O/c1-3-10-5-4-8-18-14(10)15(19-17)12-9-11(16)6-7-13(12)20-2/h4-9,15,19H,3,17H2,1-2H3. The van der Waals surface area contributed by atoms with Crippen molar-refractivity contribution < 1.29 is 9.13 Å². The lowest BCUT2D eigenvalue weighted by Crippen LogP contribution is -2.30. The van der Waals surface area contributed by atoms with Crippen LogP contribution in [0.15, 0.2) is 36.5 Å². The van der Waals surface area contributed by atoms with Crippen LogP contribution in [0.3, 0.4) is 0 Å².